The normalized spacial score (nSPS) is 11.2. The Balaban J connectivity index is 2.91. The predicted molar refractivity (Wildman–Crippen MR) is 70.3 cm³/mol. The summed E-state index contributed by atoms with van der Waals surface area (Å²) in [6.45, 7) is 1.17. The molecule has 0 saturated carbocycles. The highest BCUT2D eigenvalue weighted by Gasteiger charge is 2.23. The minimum atomic E-state index is -1.30. The van der Waals surface area contributed by atoms with Crippen molar-refractivity contribution < 1.29 is 24.3 Å². The lowest BCUT2D eigenvalue weighted by Gasteiger charge is -2.13. The van der Waals surface area contributed by atoms with E-state index in [1.165, 1.54) is 19.1 Å². The van der Waals surface area contributed by atoms with Crippen LogP contribution >= 0.6 is 0 Å². The lowest BCUT2D eigenvalue weighted by Crippen LogP contribution is -2.41. The molecule has 1 aromatic carbocycles. The SMILES string of the molecule is CC(=O)N[C@@H](CC(=O)c1ccccc1NC=O)C(=O)O. The van der Waals surface area contributed by atoms with Crippen LogP contribution in [-0.4, -0.2) is 35.2 Å². The number of ketones is 1. The van der Waals surface area contributed by atoms with Crippen LogP contribution in [0.4, 0.5) is 5.69 Å². The van der Waals surface area contributed by atoms with Gasteiger partial charge in [0.15, 0.2) is 5.78 Å². The van der Waals surface area contributed by atoms with Crippen molar-refractivity contribution in [3.05, 3.63) is 29.8 Å². The lowest BCUT2D eigenvalue weighted by atomic mass is 10.0. The molecule has 106 valence electrons. The Kier molecular flexibility index (Phi) is 5.40. The number of carbonyl (C=O) groups is 4. The van der Waals surface area contributed by atoms with Gasteiger partial charge >= 0.3 is 5.97 Å². The Morgan fingerprint density at radius 1 is 1.30 bits per heavy atom. The van der Waals surface area contributed by atoms with Crippen LogP contribution in [0.3, 0.4) is 0 Å². The van der Waals surface area contributed by atoms with Crippen molar-refractivity contribution in [3.8, 4) is 0 Å². The smallest absolute Gasteiger partial charge is 0.326 e. The standard InChI is InChI=1S/C13H14N2O5/c1-8(17)15-11(13(19)20)6-12(18)9-4-2-3-5-10(9)14-7-16/h2-5,7,11H,6H2,1H3,(H,14,16)(H,15,17)(H,19,20)/t11-/m0/s1. The Hall–Kier alpha value is -2.70. The van der Waals surface area contributed by atoms with Crippen molar-refractivity contribution in [3.63, 3.8) is 0 Å². The van der Waals surface area contributed by atoms with Gasteiger partial charge in [-0.2, -0.15) is 0 Å². The Morgan fingerprint density at radius 3 is 2.50 bits per heavy atom. The number of carbonyl (C=O) groups excluding carboxylic acids is 3. The van der Waals surface area contributed by atoms with Gasteiger partial charge in [-0.25, -0.2) is 4.79 Å². The number of anilines is 1. The number of amides is 2. The summed E-state index contributed by atoms with van der Waals surface area (Å²) in [5.74, 6) is -2.32. The van der Waals surface area contributed by atoms with Gasteiger partial charge in [-0.3, -0.25) is 14.4 Å². The second-order valence-electron chi connectivity index (χ2n) is 4.03. The van der Waals surface area contributed by atoms with E-state index in [1.807, 2.05) is 0 Å². The lowest BCUT2D eigenvalue weighted by molar-refractivity contribution is -0.141. The number of benzene rings is 1. The van der Waals surface area contributed by atoms with E-state index in [2.05, 4.69) is 10.6 Å². The van der Waals surface area contributed by atoms with Crippen molar-refractivity contribution in [1.29, 1.82) is 0 Å². The number of para-hydroxylation sites is 1. The molecular formula is C13H14N2O5. The van der Waals surface area contributed by atoms with Gasteiger partial charge in [0.2, 0.25) is 12.3 Å². The maximum absolute atomic E-state index is 12.1. The average molecular weight is 278 g/mol. The summed E-state index contributed by atoms with van der Waals surface area (Å²) < 4.78 is 0. The summed E-state index contributed by atoms with van der Waals surface area (Å²) in [7, 11) is 0. The zero-order chi connectivity index (χ0) is 15.1. The molecule has 0 spiro atoms. The van der Waals surface area contributed by atoms with E-state index < -0.39 is 30.1 Å². The van der Waals surface area contributed by atoms with E-state index >= 15 is 0 Å². The molecule has 0 fully saturated rings. The number of aliphatic carboxylic acids is 1. The third kappa shape index (κ3) is 4.20. The van der Waals surface area contributed by atoms with Crippen molar-refractivity contribution >= 4 is 29.8 Å². The van der Waals surface area contributed by atoms with Crippen LogP contribution in [0.15, 0.2) is 24.3 Å². The summed E-state index contributed by atoms with van der Waals surface area (Å²) in [4.78, 5) is 44.4. The molecule has 0 bridgehead atoms. The fourth-order valence-electron chi connectivity index (χ4n) is 1.66. The number of Topliss-reactive ketones (excluding diaryl/α,β-unsaturated/α-hetero) is 1. The first-order chi connectivity index (χ1) is 9.45. The Bertz CT molecular complexity index is 541. The highest BCUT2D eigenvalue weighted by molar-refractivity contribution is 6.04. The predicted octanol–water partition coefficient (Wildman–Crippen LogP) is 0.417. The van der Waals surface area contributed by atoms with E-state index in [1.54, 1.807) is 12.1 Å². The average Bonchev–Trinajstić information content (AvgIpc) is 2.38. The van der Waals surface area contributed by atoms with Crippen molar-refractivity contribution in [2.45, 2.75) is 19.4 Å². The van der Waals surface area contributed by atoms with E-state index in [0.29, 0.717) is 12.1 Å². The highest BCUT2D eigenvalue weighted by atomic mass is 16.4. The van der Waals surface area contributed by atoms with Crippen LogP contribution in [0.25, 0.3) is 0 Å². The van der Waals surface area contributed by atoms with Gasteiger partial charge in [0.1, 0.15) is 6.04 Å². The third-order valence-corrected chi connectivity index (χ3v) is 2.51. The number of hydrogen-bond acceptors (Lipinski definition) is 4. The maximum atomic E-state index is 12.1. The summed E-state index contributed by atoms with van der Waals surface area (Å²) in [5, 5.41) is 13.5. The fourth-order valence-corrected chi connectivity index (χ4v) is 1.66. The fraction of sp³-hybridized carbons (Fsp3) is 0.231. The molecule has 0 heterocycles. The molecule has 7 heteroatoms. The molecule has 1 atom stereocenters. The van der Waals surface area contributed by atoms with E-state index in [-0.39, 0.29) is 5.56 Å². The van der Waals surface area contributed by atoms with Crippen molar-refractivity contribution in [2.75, 3.05) is 5.32 Å². The minimum Gasteiger partial charge on any atom is -0.480 e. The number of nitrogens with one attached hydrogen (secondary N) is 2. The maximum Gasteiger partial charge on any atom is 0.326 e. The molecule has 7 nitrogen and oxygen atoms in total. The van der Waals surface area contributed by atoms with E-state index in [0.717, 1.165) is 0 Å². The molecule has 0 aliphatic carbocycles. The number of rotatable bonds is 7. The molecule has 0 radical (unpaired) electrons. The molecule has 0 aliphatic heterocycles. The first-order valence-corrected chi connectivity index (χ1v) is 5.78. The van der Waals surface area contributed by atoms with Crippen LogP contribution in [0.5, 0.6) is 0 Å². The quantitative estimate of drug-likeness (QED) is 0.494. The molecule has 3 N–H and O–H groups in total. The summed E-state index contributed by atoms with van der Waals surface area (Å²) in [6.07, 6.45) is 0.0288. The van der Waals surface area contributed by atoms with Gasteiger partial charge in [-0.05, 0) is 12.1 Å². The van der Waals surface area contributed by atoms with Crippen LogP contribution < -0.4 is 10.6 Å². The summed E-state index contributed by atoms with van der Waals surface area (Å²) in [6, 6.07) is 4.92. The molecule has 1 rings (SSSR count). The molecule has 0 aliphatic rings. The van der Waals surface area contributed by atoms with Crippen LogP contribution in [-0.2, 0) is 14.4 Å². The third-order valence-electron chi connectivity index (χ3n) is 2.51. The van der Waals surface area contributed by atoms with Gasteiger partial charge < -0.3 is 15.7 Å². The van der Waals surface area contributed by atoms with Crippen LogP contribution in [0, 0.1) is 0 Å². The van der Waals surface area contributed by atoms with Crippen LogP contribution in [0.1, 0.15) is 23.7 Å². The Labute approximate surface area is 115 Å². The molecule has 0 aromatic heterocycles. The molecule has 0 saturated heterocycles. The van der Waals surface area contributed by atoms with E-state index in [9.17, 15) is 19.2 Å². The number of carboxylic acids is 1. The molecule has 0 unspecified atom stereocenters. The Morgan fingerprint density at radius 2 is 1.95 bits per heavy atom. The first kappa shape index (κ1) is 15.4. The molecule has 1 aromatic rings. The second kappa shape index (κ2) is 7.03. The van der Waals surface area contributed by atoms with Gasteiger partial charge in [-0.1, -0.05) is 12.1 Å². The zero-order valence-electron chi connectivity index (χ0n) is 10.8. The van der Waals surface area contributed by atoms with Gasteiger partial charge in [0, 0.05) is 18.9 Å². The first-order valence-electron chi connectivity index (χ1n) is 5.78. The second-order valence-corrected chi connectivity index (χ2v) is 4.03. The monoisotopic (exact) mass is 278 g/mol. The molecule has 20 heavy (non-hydrogen) atoms. The minimum absolute atomic E-state index is 0.191. The van der Waals surface area contributed by atoms with Crippen LogP contribution in [0.2, 0.25) is 0 Å². The molecule has 2 amide bonds. The van der Waals surface area contributed by atoms with E-state index in [4.69, 9.17) is 5.11 Å². The van der Waals surface area contributed by atoms with Gasteiger partial charge in [0.25, 0.3) is 0 Å². The summed E-state index contributed by atoms with van der Waals surface area (Å²) >= 11 is 0. The summed E-state index contributed by atoms with van der Waals surface area (Å²) in [5.41, 5.74) is 0.482. The van der Waals surface area contributed by atoms with Crippen molar-refractivity contribution in [1.82, 2.24) is 5.32 Å². The van der Waals surface area contributed by atoms with Gasteiger partial charge in [0.05, 0.1) is 5.69 Å². The number of carboxylic acid groups (broad SMARTS) is 1. The largest absolute Gasteiger partial charge is 0.480 e. The topological polar surface area (TPSA) is 113 Å². The van der Waals surface area contributed by atoms with Gasteiger partial charge in [-0.15, -0.1) is 0 Å². The molecular weight excluding hydrogens is 264 g/mol. The number of hydrogen-bond donors (Lipinski definition) is 3. The zero-order valence-corrected chi connectivity index (χ0v) is 10.8. The highest BCUT2D eigenvalue weighted by Crippen LogP contribution is 2.17. The van der Waals surface area contributed by atoms with Crippen molar-refractivity contribution in [2.24, 2.45) is 0 Å².